The Bertz CT molecular complexity index is 690. The van der Waals surface area contributed by atoms with E-state index in [-0.39, 0.29) is 5.91 Å². The zero-order valence-electron chi connectivity index (χ0n) is 12.5. The number of thiophene rings is 1. The van der Waals surface area contributed by atoms with Gasteiger partial charge in [0.25, 0.3) is 11.8 Å². The minimum Gasteiger partial charge on any atom is -0.354 e. The lowest BCUT2D eigenvalue weighted by molar-refractivity contribution is -0.130. The number of carbonyl (C=O) groups excluding carboxylic acids is 2. The van der Waals surface area contributed by atoms with Gasteiger partial charge in [0.1, 0.15) is 0 Å². The van der Waals surface area contributed by atoms with Crippen molar-refractivity contribution in [3.05, 3.63) is 52.7 Å². The Kier molecular flexibility index (Phi) is 4.68. The van der Waals surface area contributed by atoms with Crippen LogP contribution >= 0.6 is 22.9 Å². The highest BCUT2D eigenvalue weighted by Crippen LogP contribution is 2.33. The fourth-order valence-electron chi connectivity index (χ4n) is 2.65. The van der Waals surface area contributed by atoms with Crippen LogP contribution in [0.15, 0.2) is 47.8 Å². The van der Waals surface area contributed by atoms with Crippen LogP contribution in [0, 0.1) is 0 Å². The van der Waals surface area contributed by atoms with Crippen LogP contribution in [0.2, 0.25) is 0 Å². The first-order valence-corrected chi connectivity index (χ1v) is 8.73. The number of halogens is 1. The van der Waals surface area contributed by atoms with Gasteiger partial charge in [-0.25, -0.2) is 0 Å². The van der Waals surface area contributed by atoms with Crippen molar-refractivity contribution in [1.82, 2.24) is 5.32 Å². The number of anilines is 1. The van der Waals surface area contributed by atoms with Gasteiger partial charge in [0, 0.05) is 30.1 Å². The lowest BCUT2D eigenvalue weighted by Crippen LogP contribution is -2.49. The van der Waals surface area contributed by atoms with E-state index in [0.29, 0.717) is 19.5 Å². The summed E-state index contributed by atoms with van der Waals surface area (Å²) >= 11 is 8.02. The van der Waals surface area contributed by atoms with E-state index < -0.39 is 10.8 Å². The number of para-hydroxylation sites is 1. The third-order valence-corrected chi connectivity index (χ3v) is 5.39. The van der Waals surface area contributed by atoms with E-state index in [1.807, 2.05) is 47.8 Å². The number of alkyl halides is 1. The second kappa shape index (κ2) is 6.72. The number of nitrogens with one attached hydrogen (secondary N) is 1. The lowest BCUT2D eigenvalue weighted by Gasteiger charge is -2.21. The summed E-state index contributed by atoms with van der Waals surface area (Å²) in [4.78, 5) is 26.3. The summed E-state index contributed by atoms with van der Waals surface area (Å²) < 4.78 is 0. The van der Waals surface area contributed by atoms with Crippen molar-refractivity contribution in [1.29, 1.82) is 0 Å². The van der Waals surface area contributed by atoms with Crippen molar-refractivity contribution in [3.63, 3.8) is 0 Å². The maximum Gasteiger partial charge on any atom is 0.257 e. The average molecular weight is 349 g/mol. The predicted octanol–water partition coefficient (Wildman–Crippen LogP) is 2.82. The molecule has 0 radical (unpaired) electrons. The van der Waals surface area contributed by atoms with E-state index >= 15 is 0 Å². The number of hydrogen-bond donors (Lipinski definition) is 1. The molecule has 1 fully saturated rings. The SMILES string of the molecule is O=C(NCCc1cccs1)C1(Cl)CCN(c2ccccc2)C1=O. The summed E-state index contributed by atoms with van der Waals surface area (Å²) in [6.07, 6.45) is 1.06. The van der Waals surface area contributed by atoms with E-state index in [9.17, 15) is 9.59 Å². The summed E-state index contributed by atoms with van der Waals surface area (Å²) in [5.41, 5.74) is 0.770. The molecule has 1 N–H and O–H groups in total. The minimum absolute atomic E-state index is 0.313. The number of rotatable bonds is 5. The second-order valence-corrected chi connectivity index (χ2v) is 7.11. The highest BCUT2D eigenvalue weighted by molar-refractivity contribution is 7.09. The van der Waals surface area contributed by atoms with Crippen molar-refractivity contribution < 1.29 is 9.59 Å². The van der Waals surface area contributed by atoms with Crippen molar-refractivity contribution >= 4 is 40.4 Å². The maximum absolute atomic E-state index is 12.6. The Labute approximate surface area is 144 Å². The lowest BCUT2D eigenvalue weighted by atomic mass is 10.1. The number of nitrogens with zero attached hydrogens (tertiary/aromatic N) is 1. The van der Waals surface area contributed by atoms with Crippen LogP contribution in [0.5, 0.6) is 0 Å². The van der Waals surface area contributed by atoms with Crippen LogP contribution in [0.3, 0.4) is 0 Å². The van der Waals surface area contributed by atoms with Crippen molar-refractivity contribution in [2.45, 2.75) is 17.7 Å². The van der Waals surface area contributed by atoms with Gasteiger partial charge in [-0.2, -0.15) is 0 Å². The summed E-state index contributed by atoms with van der Waals surface area (Å²) in [6, 6.07) is 13.3. The molecule has 1 saturated heterocycles. The largest absolute Gasteiger partial charge is 0.354 e. The summed E-state index contributed by atoms with van der Waals surface area (Å²) in [5, 5.41) is 4.79. The predicted molar refractivity (Wildman–Crippen MR) is 93.0 cm³/mol. The molecule has 23 heavy (non-hydrogen) atoms. The molecule has 1 aliphatic rings. The number of hydrogen-bond acceptors (Lipinski definition) is 3. The van der Waals surface area contributed by atoms with Gasteiger partial charge in [0.2, 0.25) is 4.87 Å². The topological polar surface area (TPSA) is 49.4 Å². The third kappa shape index (κ3) is 3.26. The summed E-state index contributed by atoms with van der Waals surface area (Å²) in [7, 11) is 0. The van der Waals surface area contributed by atoms with Gasteiger partial charge in [0.05, 0.1) is 0 Å². The maximum atomic E-state index is 12.6. The fraction of sp³-hybridized carbons (Fsp3) is 0.294. The molecular formula is C17H17ClN2O2S. The van der Waals surface area contributed by atoms with Crippen LogP contribution in [0.4, 0.5) is 5.69 Å². The van der Waals surface area contributed by atoms with E-state index in [4.69, 9.17) is 11.6 Å². The molecule has 1 atom stereocenters. The number of benzene rings is 1. The normalized spacial score (nSPS) is 20.7. The second-order valence-electron chi connectivity index (χ2n) is 5.43. The molecule has 0 aliphatic carbocycles. The first-order valence-electron chi connectivity index (χ1n) is 7.48. The standard InChI is InChI=1S/C17H17ClN2O2S/c18-17(15(21)19-10-8-14-7-4-12-23-14)9-11-20(16(17)22)13-5-2-1-3-6-13/h1-7,12H,8-11H2,(H,19,21). The van der Waals surface area contributed by atoms with Crippen LogP contribution < -0.4 is 10.2 Å². The van der Waals surface area contributed by atoms with Crippen molar-refractivity contribution in [3.8, 4) is 0 Å². The van der Waals surface area contributed by atoms with E-state index in [1.165, 1.54) is 4.88 Å². The van der Waals surface area contributed by atoms with E-state index in [0.717, 1.165) is 12.1 Å². The Morgan fingerprint density at radius 3 is 2.74 bits per heavy atom. The van der Waals surface area contributed by atoms with Crippen LogP contribution in [0.25, 0.3) is 0 Å². The molecular weight excluding hydrogens is 332 g/mol. The van der Waals surface area contributed by atoms with Gasteiger partial charge in [-0.05, 0) is 30.0 Å². The monoisotopic (exact) mass is 348 g/mol. The Hall–Kier alpha value is -1.85. The van der Waals surface area contributed by atoms with Gasteiger partial charge in [-0.3, -0.25) is 9.59 Å². The Morgan fingerprint density at radius 1 is 1.26 bits per heavy atom. The summed E-state index contributed by atoms with van der Waals surface area (Å²) in [6.45, 7) is 0.928. The minimum atomic E-state index is -1.49. The van der Waals surface area contributed by atoms with Gasteiger partial charge in [-0.15, -0.1) is 11.3 Å². The molecule has 0 saturated carbocycles. The Balaban J connectivity index is 1.62. The average Bonchev–Trinajstić information content (AvgIpc) is 3.18. The van der Waals surface area contributed by atoms with Crippen LogP contribution in [0.1, 0.15) is 11.3 Å². The van der Waals surface area contributed by atoms with Gasteiger partial charge < -0.3 is 10.2 Å². The van der Waals surface area contributed by atoms with Gasteiger partial charge in [0.15, 0.2) is 0 Å². The zero-order chi connectivity index (χ0) is 16.3. The molecule has 120 valence electrons. The molecule has 2 aromatic rings. The highest BCUT2D eigenvalue weighted by atomic mass is 35.5. The van der Waals surface area contributed by atoms with E-state index in [2.05, 4.69) is 5.32 Å². The van der Waals surface area contributed by atoms with Crippen molar-refractivity contribution in [2.75, 3.05) is 18.0 Å². The quantitative estimate of drug-likeness (QED) is 0.667. The molecule has 1 unspecified atom stereocenters. The molecule has 6 heteroatoms. The zero-order valence-corrected chi connectivity index (χ0v) is 14.1. The van der Waals surface area contributed by atoms with Crippen LogP contribution in [-0.2, 0) is 16.0 Å². The number of amides is 2. The molecule has 0 bridgehead atoms. The molecule has 1 aromatic heterocycles. The first kappa shape index (κ1) is 16.0. The molecule has 3 rings (SSSR count). The summed E-state index contributed by atoms with van der Waals surface area (Å²) in [5.74, 6) is -0.752. The van der Waals surface area contributed by atoms with Gasteiger partial charge >= 0.3 is 0 Å². The molecule has 2 amide bonds. The molecule has 4 nitrogen and oxygen atoms in total. The molecule has 1 aliphatic heterocycles. The molecule has 1 aromatic carbocycles. The van der Waals surface area contributed by atoms with E-state index in [1.54, 1.807) is 16.2 Å². The van der Waals surface area contributed by atoms with Gasteiger partial charge in [-0.1, -0.05) is 35.9 Å². The van der Waals surface area contributed by atoms with Crippen molar-refractivity contribution in [2.24, 2.45) is 0 Å². The van der Waals surface area contributed by atoms with Crippen LogP contribution in [-0.4, -0.2) is 29.8 Å². The Morgan fingerprint density at radius 2 is 2.04 bits per heavy atom. The number of carbonyl (C=O) groups is 2. The fourth-order valence-corrected chi connectivity index (χ4v) is 3.61. The first-order chi connectivity index (χ1) is 11.1. The molecule has 2 heterocycles. The third-order valence-electron chi connectivity index (χ3n) is 3.93. The highest BCUT2D eigenvalue weighted by Gasteiger charge is 2.51. The smallest absolute Gasteiger partial charge is 0.257 e. The molecule has 0 spiro atoms.